The summed E-state index contributed by atoms with van der Waals surface area (Å²) in [5.74, 6) is 2.26. The monoisotopic (exact) mass is 193 g/mol. The molecule has 1 aliphatic carbocycles. The zero-order valence-corrected chi connectivity index (χ0v) is 9.03. The summed E-state index contributed by atoms with van der Waals surface area (Å²) in [4.78, 5) is 0. The van der Waals surface area contributed by atoms with Crippen molar-refractivity contribution in [1.29, 1.82) is 0 Å². The Labute approximate surface area is 85.3 Å². The van der Waals surface area contributed by atoms with Crippen molar-refractivity contribution in [3.8, 4) is 0 Å². The van der Waals surface area contributed by atoms with Gasteiger partial charge >= 0.3 is 0 Å². The molecule has 2 unspecified atom stereocenters. The zero-order valence-electron chi connectivity index (χ0n) is 9.03. The molecule has 2 rings (SSSR count). The van der Waals surface area contributed by atoms with Gasteiger partial charge in [0, 0.05) is 19.0 Å². The Balaban J connectivity index is 2.14. The standard InChI is InChI=1S/C11H19N3/c1-8-4-3-5-9(6-8)10-7-11(12)14(2)13-10/h7-9H,3-6,12H2,1-2H3. The van der Waals surface area contributed by atoms with Crippen LogP contribution >= 0.6 is 0 Å². The number of anilines is 1. The van der Waals surface area contributed by atoms with Crippen LogP contribution < -0.4 is 5.73 Å². The van der Waals surface area contributed by atoms with Crippen LogP contribution in [-0.2, 0) is 7.05 Å². The maximum atomic E-state index is 5.78. The molecule has 3 heteroatoms. The molecule has 0 saturated heterocycles. The van der Waals surface area contributed by atoms with E-state index in [2.05, 4.69) is 12.0 Å². The van der Waals surface area contributed by atoms with Crippen LogP contribution in [0.4, 0.5) is 5.82 Å². The normalized spacial score (nSPS) is 27.9. The van der Waals surface area contributed by atoms with Crippen LogP contribution in [0.25, 0.3) is 0 Å². The molecule has 1 aromatic heterocycles. The molecule has 0 amide bonds. The molecule has 0 aliphatic heterocycles. The van der Waals surface area contributed by atoms with Gasteiger partial charge in [0.2, 0.25) is 0 Å². The van der Waals surface area contributed by atoms with Crippen LogP contribution in [0.3, 0.4) is 0 Å². The van der Waals surface area contributed by atoms with Crippen LogP contribution in [-0.4, -0.2) is 9.78 Å². The lowest BCUT2D eigenvalue weighted by atomic mass is 9.81. The molecule has 2 atom stereocenters. The number of rotatable bonds is 1. The summed E-state index contributed by atoms with van der Waals surface area (Å²) in [6.07, 6.45) is 5.26. The summed E-state index contributed by atoms with van der Waals surface area (Å²) in [7, 11) is 1.91. The molecule has 3 nitrogen and oxygen atoms in total. The third-order valence-corrected chi connectivity index (χ3v) is 3.29. The van der Waals surface area contributed by atoms with Gasteiger partial charge in [-0.1, -0.05) is 19.8 Å². The molecule has 2 N–H and O–H groups in total. The smallest absolute Gasteiger partial charge is 0.121 e. The van der Waals surface area contributed by atoms with E-state index in [1.807, 2.05) is 13.1 Å². The summed E-state index contributed by atoms with van der Waals surface area (Å²) in [6.45, 7) is 2.33. The summed E-state index contributed by atoms with van der Waals surface area (Å²) in [6, 6.07) is 2.03. The number of nitrogens with zero attached hydrogens (tertiary/aromatic N) is 2. The van der Waals surface area contributed by atoms with Crippen LogP contribution in [0.5, 0.6) is 0 Å². The molecular weight excluding hydrogens is 174 g/mol. The van der Waals surface area contributed by atoms with E-state index in [1.54, 1.807) is 4.68 Å². The van der Waals surface area contributed by atoms with E-state index in [9.17, 15) is 0 Å². The second-order valence-corrected chi connectivity index (χ2v) is 4.59. The second-order valence-electron chi connectivity index (χ2n) is 4.59. The molecule has 0 radical (unpaired) electrons. The lowest BCUT2D eigenvalue weighted by Crippen LogP contribution is -2.12. The first kappa shape index (κ1) is 9.56. The van der Waals surface area contributed by atoms with Gasteiger partial charge in [-0.3, -0.25) is 4.68 Å². The predicted molar refractivity (Wildman–Crippen MR) is 58.0 cm³/mol. The van der Waals surface area contributed by atoms with Gasteiger partial charge in [0.05, 0.1) is 5.69 Å². The number of hydrogen-bond donors (Lipinski definition) is 1. The first-order valence-corrected chi connectivity index (χ1v) is 5.46. The van der Waals surface area contributed by atoms with Crippen LogP contribution in [0.1, 0.15) is 44.2 Å². The van der Waals surface area contributed by atoms with Crippen molar-refractivity contribution in [1.82, 2.24) is 9.78 Å². The molecule has 1 fully saturated rings. The second kappa shape index (κ2) is 3.64. The average Bonchev–Trinajstić information content (AvgIpc) is 2.47. The van der Waals surface area contributed by atoms with Gasteiger partial charge in [-0.2, -0.15) is 5.10 Å². The third kappa shape index (κ3) is 1.76. The van der Waals surface area contributed by atoms with Crippen molar-refractivity contribution in [2.75, 3.05) is 5.73 Å². The number of aromatic nitrogens is 2. The van der Waals surface area contributed by atoms with Gasteiger partial charge in [-0.05, 0) is 18.8 Å². The highest BCUT2D eigenvalue weighted by Crippen LogP contribution is 2.35. The molecule has 1 saturated carbocycles. The third-order valence-electron chi connectivity index (χ3n) is 3.29. The molecule has 1 heterocycles. The first-order chi connectivity index (χ1) is 6.66. The van der Waals surface area contributed by atoms with E-state index in [-0.39, 0.29) is 0 Å². The summed E-state index contributed by atoms with van der Waals surface area (Å²) < 4.78 is 1.77. The highest BCUT2D eigenvalue weighted by molar-refractivity contribution is 5.32. The Kier molecular flexibility index (Phi) is 2.48. The fourth-order valence-electron chi connectivity index (χ4n) is 2.41. The molecule has 0 spiro atoms. The summed E-state index contributed by atoms with van der Waals surface area (Å²) >= 11 is 0. The van der Waals surface area contributed by atoms with E-state index < -0.39 is 0 Å². The number of nitrogens with two attached hydrogens (primary N) is 1. The average molecular weight is 193 g/mol. The molecular formula is C11H19N3. The van der Waals surface area contributed by atoms with Crippen molar-refractivity contribution >= 4 is 5.82 Å². The van der Waals surface area contributed by atoms with Crippen molar-refractivity contribution < 1.29 is 0 Å². The van der Waals surface area contributed by atoms with Gasteiger partial charge in [-0.15, -0.1) is 0 Å². The topological polar surface area (TPSA) is 43.8 Å². The highest BCUT2D eigenvalue weighted by atomic mass is 15.3. The van der Waals surface area contributed by atoms with Crippen molar-refractivity contribution in [2.24, 2.45) is 13.0 Å². The minimum atomic E-state index is 0.641. The Morgan fingerprint density at radius 1 is 1.50 bits per heavy atom. The minimum absolute atomic E-state index is 0.641. The Hall–Kier alpha value is -0.990. The van der Waals surface area contributed by atoms with E-state index in [0.717, 1.165) is 11.7 Å². The highest BCUT2D eigenvalue weighted by Gasteiger charge is 2.22. The van der Waals surface area contributed by atoms with E-state index >= 15 is 0 Å². The fraction of sp³-hybridized carbons (Fsp3) is 0.727. The lowest BCUT2D eigenvalue weighted by molar-refractivity contribution is 0.338. The van der Waals surface area contributed by atoms with Gasteiger partial charge in [0.25, 0.3) is 0 Å². The van der Waals surface area contributed by atoms with Gasteiger partial charge in [-0.25, -0.2) is 0 Å². The van der Waals surface area contributed by atoms with E-state index in [4.69, 9.17) is 5.73 Å². The number of hydrogen-bond acceptors (Lipinski definition) is 2. The zero-order chi connectivity index (χ0) is 10.1. The summed E-state index contributed by atoms with van der Waals surface area (Å²) in [5, 5.41) is 4.46. The Morgan fingerprint density at radius 2 is 2.29 bits per heavy atom. The molecule has 1 aliphatic rings. The SMILES string of the molecule is CC1CCCC(c2cc(N)n(C)n2)C1. The molecule has 0 bridgehead atoms. The van der Waals surface area contributed by atoms with Gasteiger partial charge in [0.1, 0.15) is 5.82 Å². The molecule has 1 aromatic rings. The first-order valence-electron chi connectivity index (χ1n) is 5.46. The lowest BCUT2D eigenvalue weighted by Gasteiger charge is -2.25. The predicted octanol–water partition coefficient (Wildman–Crippen LogP) is 2.30. The molecule has 0 aromatic carbocycles. The fourth-order valence-corrected chi connectivity index (χ4v) is 2.41. The van der Waals surface area contributed by atoms with Crippen molar-refractivity contribution in [3.05, 3.63) is 11.8 Å². The van der Waals surface area contributed by atoms with Crippen LogP contribution in [0.15, 0.2) is 6.07 Å². The maximum absolute atomic E-state index is 5.78. The Bertz CT molecular complexity index is 297. The van der Waals surface area contributed by atoms with E-state index in [0.29, 0.717) is 5.92 Å². The van der Waals surface area contributed by atoms with E-state index in [1.165, 1.54) is 31.4 Å². The number of aryl methyl sites for hydroxylation is 1. The largest absolute Gasteiger partial charge is 0.384 e. The maximum Gasteiger partial charge on any atom is 0.121 e. The van der Waals surface area contributed by atoms with Crippen LogP contribution in [0, 0.1) is 5.92 Å². The quantitative estimate of drug-likeness (QED) is 0.743. The van der Waals surface area contributed by atoms with Gasteiger partial charge < -0.3 is 5.73 Å². The van der Waals surface area contributed by atoms with Crippen molar-refractivity contribution in [3.63, 3.8) is 0 Å². The molecule has 14 heavy (non-hydrogen) atoms. The van der Waals surface area contributed by atoms with Crippen molar-refractivity contribution in [2.45, 2.75) is 38.5 Å². The Morgan fingerprint density at radius 3 is 2.86 bits per heavy atom. The summed E-state index contributed by atoms with van der Waals surface area (Å²) in [5.41, 5.74) is 6.97. The molecule has 78 valence electrons. The van der Waals surface area contributed by atoms with Crippen LogP contribution in [0.2, 0.25) is 0 Å². The number of nitrogen functional groups attached to an aromatic ring is 1. The minimum Gasteiger partial charge on any atom is -0.384 e. The van der Waals surface area contributed by atoms with Gasteiger partial charge in [0.15, 0.2) is 0 Å².